The van der Waals surface area contributed by atoms with Gasteiger partial charge in [-0.1, -0.05) is 28.1 Å². The van der Waals surface area contributed by atoms with Crippen molar-refractivity contribution in [3.05, 3.63) is 22.7 Å². The third-order valence-corrected chi connectivity index (χ3v) is 9.46. The fourth-order valence-corrected chi connectivity index (χ4v) is 7.39. The summed E-state index contributed by atoms with van der Waals surface area (Å²) in [4.78, 5) is 60.2. The number of aliphatic hydroxyl groups excluding tert-OH is 1. The number of allylic oxidation sites excluding steroid dienone is 1. The Hall–Kier alpha value is -2.32. The smallest absolute Gasteiger partial charge is 0.313 e. The molecule has 3 amide bonds. The minimum Gasteiger partial charge on any atom is -0.460 e. The SMILES string of the molecule is C[C@@H]1CNC(=O)CC/C=C\CN(CCN2CCOCC2)C(=O)[C@@H]2N(CCCCO)C(=O)[C@H]3[C@H](C(=O)O1)[C@H]1O[C@@]23C=C1Br. The van der Waals surface area contributed by atoms with Gasteiger partial charge in [0.05, 0.1) is 25.7 Å². The molecule has 0 aromatic heterocycles. The Morgan fingerprint density at radius 3 is 2.62 bits per heavy atom. The number of nitrogens with one attached hydrogen (secondary N) is 1. The number of aliphatic hydroxyl groups is 1. The van der Waals surface area contributed by atoms with E-state index in [9.17, 15) is 24.3 Å². The molecule has 3 saturated heterocycles. The summed E-state index contributed by atoms with van der Waals surface area (Å²) in [6.07, 6.45) is 5.96. The predicted molar refractivity (Wildman–Crippen MR) is 154 cm³/mol. The Morgan fingerprint density at radius 1 is 1.07 bits per heavy atom. The Kier molecular flexibility index (Phi) is 10.0. The summed E-state index contributed by atoms with van der Waals surface area (Å²) in [5.41, 5.74) is -1.33. The van der Waals surface area contributed by atoms with Crippen LogP contribution in [0.1, 0.15) is 32.6 Å². The second-order valence-corrected chi connectivity index (χ2v) is 12.5. The number of hydrogen-bond donors (Lipinski definition) is 2. The number of carbonyl (C=O) groups is 4. The van der Waals surface area contributed by atoms with E-state index in [4.69, 9.17) is 14.2 Å². The lowest BCUT2D eigenvalue weighted by molar-refractivity contribution is -0.158. The number of ether oxygens (including phenoxy) is 3. The van der Waals surface area contributed by atoms with Gasteiger partial charge in [0.15, 0.2) is 0 Å². The van der Waals surface area contributed by atoms with Crippen LogP contribution in [0.15, 0.2) is 22.7 Å². The molecule has 5 heterocycles. The fraction of sp³-hybridized carbons (Fsp3) is 0.724. The first kappa shape index (κ1) is 31.1. The average molecular weight is 654 g/mol. The van der Waals surface area contributed by atoms with Crippen molar-refractivity contribution in [3.63, 3.8) is 0 Å². The van der Waals surface area contributed by atoms with Crippen molar-refractivity contribution < 1.29 is 38.5 Å². The van der Waals surface area contributed by atoms with Gasteiger partial charge >= 0.3 is 5.97 Å². The van der Waals surface area contributed by atoms with E-state index in [1.165, 1.54) is 0 Å². The van der Waals surface area contributed by atoms with Gasteiger partial charge in [-0.2, -0.15) is 0 Å². The van der Waals surface area contributed by atoms with Crippen LogP contribution in [-0.2, 0) is 33.4 Å². The fourth-order valence-electron chi connectivity index (χ4n) is 6.65. The summed E-state index contributed by atoms with van der Waals surface area (Å²) in [6.45, 7) is 6.27. The molecule has 6 atom stereocenters. The molecule has 0 radical (unpaired) electrons. The number of unbranched alkanes of at least 4 members (excludes halogenated alkanes) is 1. The first-order valence-corrected chi connectivity index (χ1v) is 15.7. The van der Waals surface area contributed by atoms with Crippen molar-refractivity contribution in [2.45, 2.75) is 56.5 Å². The van der Waals surface area contributed by atoms with Crippen molar-refractivity contribution in [3.8, 4) is 0 Å². The van der Waals surface area contributed by atoms with E-state index >= 15 is 0 Å². The van der Waals surface area contributed by atoms with Crippen LogP contribution in [0.25, 0.3) is 0 Å². The highest BCUT2D eigenvalue weighted by Crippen LogP contribution is 2.58. The third kappa shape index (κ3) is 6.17. The lowest BCUT2D eigenvalue weighted by Gasteiger charge is -2.37. The number of likely N-dealkylation sites (tertiary alicyclic amines) is 1. The number of fused-ring (bicyclic) bond motifs is 2. The van der Waals surface area contributed by atoms with E-state index < -0.39 is 41.7 Å². The predicted octanol–water partition coefficient (Wildman–Crippen LogP) is 0.191. The quantitative estimate of drug-likeness (QED) is 0.224. The molecule has 5 bridgehead atoms. The number of rotatable bonds is 7. The Morgan fingerprint density at radius 2 is 1.86 bits per heavy atom. The summed E-state index contributed by atoms with van der Waals surface area (Å²) in [5, 5.41) is 12.2. The number of morpholine rings is 1. The molecule has 5 rings (SSSR count). The van der Waals surface area contributed by atoms with Gasteiger partial charge in [-0.3, -0.25) is 24.1 Å². The summed E-state index contributed by atoms with van der Waals surface area (Å²) in [6, 6.07) is -0.974. The first-order valence-electron chi connectivity index (χ1n) is 15.0. The Bertz CT molecular complexity index is 1110. The standard InChI is InChI=1S/C29H41BrN4O8/c1-19-18-31-21(36)7-3-2-4-8-33(11-10-32-12-15-40-16-13-32)27(38)25-29-17-20(30)24(42-29)22(28(39)41-19)23(29)26(37)34(25)9-5-6-14-35/h2,4,17,19,22-25,35H,3,5-16,18H2,1H3,(H,31,36)/b4-2-/t19-,22+,23-,24+,25+,29-/m1/s1. The first-order chi connectivity index (χ1) is 20.3. The van der Waals surface area contributed by atoms with Gasteiger partial charge in [-0.25, -0.2) is 0 Å². The zero-order chi connectivity index (χ0) is 29.9. The number of esters is 1. The second-order valence-electron chi connectivity index (χ2n) is 11.6. The molecule has 2 N–H and O–H groups in total. The van der Waals surface area contributed by atoms with Crippen LogP contribution in [0.4, 0.5) is 0 Å². The van der Waals surface area contributed by atoms with Crippen molar-refractivity contribution >= 4 is 39.6 Å². The zero-order valence-electron chi connectivity index (χ0n) is 24.0. The van der Waals surface area contributed by atoms with E-state index in [0.717, 1.165) is 13.1 Å². The topological polar surface area (TPSA) is 138 Å². The van der Waals surface area contributed by atoms with Gasteiger partial charge in [0.25, 0.3) is 0 Å². The Labute approximate surface area is 254 Å². The molecule has 13 heteroatoms. The zero-order valence-corrected chi connectivity index (χ0v) is 25.6. The molecular formula is C29H41BrN4O8. The molecule has 0 saturated carbocycles. The summed E-state index contributed by atoms with van der Waals surface area (Å²) in [7, 11) is 0. The molecule has 3 fully saturated rings. The molecule has 5 aliphatic heterocycles. The summed E-state index contributed by atoms with van der Waals surface area (Å²) >= 11 is 3.56. The third-order valence-electron chi connectivity index (χ3n) is 8.78. The minimum atomic E-state index is -1.33. The summed E-state index contributed by atoms with van der Waals surface area (Å²) in [5.74, 6) is -3.19. The lowest BCUT2D eigenvalue weighted by atomic mass is 9.74. The van der Waals surface area contributed by atoms with E-state index in [-0.39, 0.29) is 43.8 Å². The van der Waals surface area contributed by atoms with Crippen LogP contribution >= 0.6 is 15.9 Å². The molecule has 0 unspecified atom stereocenters. The highest BCUT2D eigenvalue weighted by Gasteiger charge is 2.74. The Balaban J connectivity index is 1.50. The lowest BCUT2D eigenvalue weighted by Crippen LogP contribution is -2.57. The van der Waals surface area contributed by atoms with Crippen LogP contribution in [0.2, 0.25) is 0 Å². The number of hydrogen-bond acceptors (Lipinski definition) is 9. The van der Waals surface area contributed by atoms with Gasteiger partial charge in [0.1, 0.15) is 29.8 Å². The van der Waals surface area contributed by atoms with E-state index in [1.54, 1.807) is 22.8 Å². The molecule has 5 aliphatic rings. The van der Waals surface area contributed by atoms with Crippen molar-refractivity contribution in [1.29, 1.82) is 0 Å². The minimum absolute atomic E-state index is 0.0287. The van der Waals surface area contributed by atoms with Crippen LogP contribution < -0.4 is 5.32 Å². The maximum Gasteiger partial charge on any atom is 0.313 e. The molecule has 0 aromatic carbocycles. The second kappa shape index (κ2) is 13.5. The summed E-state index contributed by atoms with van der Waals surface area (Å²) < 4.78 is 18.3. The molecule has 1 spiro atoms. The van der Waals surface area contributed by atoms with E-state index in [1.807, 2.05) is 12.2 Å². The average Bonchev–Trinajstić information content (AvgIpc) is 3.56. The monoisotopic (exact) mass is 652 g/mol. The number of halogens is 1. The highest BCUT2D eigenvalue weighted by atomic mass is 79.9. The van der Waals surface area contributed by atoms with Crippen molar-refractivity contribution in [2.75, 3.05) is 65.6 Å². The van der Waals surface area contributed by atoms with Gasteiger partial charge in [0, 0.05) is 56.8 Å². The van der Waals surface area contributed by atoms with Crippen LogP contribution in [-0.4, -0.2) is 133 Å². The van der Waals surface area contributed by atoms with Crippen molar-refractivity contribution in [1.82, 2.24) is 20.0 Å². The van der Waals surface area contributed by atoms with Crippen LogP contribution in [0, 0.1) is 11.8 Å². The molecule has 12 nitrogen and oxygen atoms in total. The van der Waals surface area contributed by atoms with Gasteiger partial charge in [-0.05, 0) is 32.3 Å². The normalized spacial score (nSPS) is 35.2. The van der Waals surface area contributed by atoms with Gasteiger partial charge in [0.2, 0.25) is 17.7 Å². The number of nitrogens with zero attached hydrogens (tertiary/aromatic N) is 3. The maximum absolute atomic E-state index is 14.6. The van der Waals surface area contributed by atoms with Crippen LogP contribution in [0.3, 0.4) is 0 Å². The molecule has 0 aliphatic carbocycles. The largest absolute Gasteiger partial charge is 0.460 e. The van der Waals surface area contributed by atoms with E-state index in [0.29, 0.717) is 56.6 Å². The van der Waals surface area contributed by atoms with Crippen LogP contribution in [0.5, 0.6) is 0 Å². The molecular weight excluding hydrogens is 612 g/mol. The number of carbonyl (C=O) groups excluding carboxylic acids is 4. The van der Waals surface area contributed by atoms with E-state index in [2.05, 4.69) is 26.1 Å². The molecule has 42 heavy (non-hydrogen) atoms. The maximum atomic E-state index is 14.6. The van der Waals surface area contributed by atoms with Crippen molar-refractivity contribution in [2.24, 2.45) is 11.8 Å². The number of cyclic esters (lactones) is 1. The van der Waals surface area contributed by atoms with Gasteiger partial charge < -0.3 is 34.4 Å². The number of amides is 3. The molecule has 0 aromatic rings. The highest BCUT2D eigenvalue weighted by molar-refractivity contribution is 9.11. The molecule has 232 valence electrons. The van der Waals surface area contributed by atoms with Gasteiger partial charge in [-0.15, -0.1) is 0 Å².